The van der Waals surface area contributed by atoms with Crippen LogP contribution in [0, 0.1) is 5.82 Å². The molecular formula is C25H20FN3O7S2. The van der Waals surface area contributed by atoms with Gasteiger partial charge in [0.1, 0.15) is 17.3 Å². The molecule has 0 spiro atoms. The maximum absolute atomic E-state index is 13.5. The maximum Gasteiger partial charge on any atom is 0.335 e. The standard InChI is InChI=1S/C25H20FN3O7S2/c1-2-17-10-11-18(36-17)13-20-22(30)28-25(37-20)27-21(14-6-8-16(26)9-7-14)23(31)29-38(34,35)19-5-3-4-15(12-19)24(32)33/h3-13,21H,2H2,1H3,(H,29,31)(H,32,33)(H,27,28,30)/b20-13-/t21-/m0/s1. The lowest BCUT2D eigenvalue weighted by Crippen LogP contribution is -2.35. The molecule has 1 aromatic heterocycles. The quantitative estimate of drug-likeness (QED) is 0.356. The van der Waals surface area contributed by atoms with E-state index in [1.807, 2.05) is 11.6 Å². The Labute approximate surface area is 220 Å². The largest absolute Gasteiger partial charge is 0.478 e. The lowest BCUT2D eigenvalue weighted by molar-refractivity contribution is -0.120. The van der Waals surface area contributed by atoms with Gasteiger partial charge >= 0.3 is 5.97 Å². The molecule has 0 bridgehead atoms. The van der Waals surface area contributed by atoms with Crippen molar-refractivity contribution < 1.29 is 36.7 Å². The van der Waals surface area contributed by atoms with Crippen molar-refractivity contribution in [3.63, 3.8) is 0 Å². The molecule has 1 fully saturated rings. The molecule has 2 aromatic carbocycles. The SMILES string of the molecule is CCc1ccc(/C=C2\SC(=N[C@H](C(=O)NS(=O)(=O)c3cccc(C(=O)O)c3)c3ccc(F)cc3)NC2=O)o1. The van der Waals surface area contributed by atoms with Gasteiger partial charge in [-0.15, -0.1) is 0 Å². The minimum absolute atomic E-state index is 0.0123. The number of carbonyl (C=O) groups is 3. The second kappa shape index (κ2) is 11.0. The number of carbonyl (C=O) groups excluding carboxylic acids is 2. The molecule has 4 rings (SSSR count). The number of nitrogens with zero attached hydrogens (tertiary/aromatic N) is 1. The number of aromatic carboxylic acids is 1. The molecule has 0 saturated carbocycles. The fourth-order valence-corrected chi connectivity index (χ4v) is 5.23. The smallest absolute Gasteiger partial charge is 0.335 e. The summed E-state index contributed by atoms with van der Waals surface area (Å²) < 4.78 is 46.7. The number of hydrogen-bond acceptors (Lipinski definition) is 8. The summed E-state index contributed by atoms with van der Waals surface area (Å²) in [6, 6.07) is 11.1. The zero-order valence-corrected chi connectivity index (χ0v) is 21.3. The fraction of sp³-hybridized carbons (Fsp3) is 0.120. The van der Waals surface area contributed by atoms with E-state index in [9.17, 15) is 27.2 Å². The van der Waals surface area contributed by atoms with Gasteiger partial charge in [0.2, 0.25) is 0 Å². The Bertz CT molecular complexity index is 1580. The van der Waals surface area contributed by atoms with Crippen LogP contribution in [0.4, 0.5) is 4.39 Å². The summed E-state index contributed by atoms with van der Waals surface area (Å²) in [6.45, 7) is 1.92. The van der Waals surface area contributed by atoms with Crippen molar-refractivity contribution in [3.05, 3.63) is 94.0 Å². The van der Waals surface area contributed by atoms with E-state index in [0.717, 1.165) is 41.8 Å². The number of carboxylic acid groups (broad SMARTS) is 1. The van der Waals surface area contributed by atoms with Crippen molar-refractivity contribution in [2.75, 3.05) is 0 Å². The number of thioether (sulfide) groups is 1. The van der Waals surface area contributed by atoms with Gasteiger partial charge in [0, 0.05) is 12.5 Å². The molecular weight excluding hydrogens is 537 g/mol. The molecule has 1 atom stereocenters. The summed E-state index contributed by atoms with van der Waals surface area (Å²) in [5, 5.41) is 11.7. The van der Waals surface area contributed by atoms with Gasteiger partial charge in [-0.25, -0.2) is 27.3 Å². The third-order valence-electron chi connectivity index (χ3n) is 5.26. The number of amides is 2. The molecule has 2 heterocycles. The average Bonchev–Trinajstić information content (AvgIpc) is 3.48. The van der Waals surface area contributed by atoms with E-state index in [1.165, 1.54) is 30.3 Å². The van der Waals surface area contributed by atoms with Crippen LogP contribution in [0.15, 0.2) is 79.9 Å². The van der Waals surface area contributed by atoms with Crippen LogP contribution in [0.1, 0.15) is 40.4 Å². The first-order valence-corrected chi connectivity index (χ1v) is 13.4. The van der Waals surface area contributed by atoms with E-state index >= 15 is 0 Å². The Morgan fingerprint density at radius 2 is 1.92 bits per heavy atom. The zero-order valence-electron chi connectivity index (χ0n) is 19.7. The molecule has 0 unspecified atom stereocenters. The number of nitrogens with one attached hydrogen (secondary N) is 2. The van der Waals surface area contributed by atoms with E-state index in [4.69, 9.17) is 9.52 Å². The number of carboxylic acids is 1. The molecule has 1 aliphatic heterocycles. The van der Waals surface area contributed by atoms with Crippen LogP contribution in [0.5, 0.6) is 0 Å². The Morgan fingerprint density at radius 1 is 1.18 bits per heavy atom. The lowest BCUT2D eigenvalue weighted by atomic mass is 10.1. The number of halogens is 1. The molecule has 13 heteroatoms. The van der Waals surface area contributed by atoms with E-state index < -0.39 is 44.6 Å². The van der Waals surface area contributed by atoms with Gasteiger partial charge in [0.05, 0.1) is 15.4 Å². The Balaban J connectivity index is 1.63. The number of benzene rings is 2. The van der Waals surface area contributed by atoms with Gasteiger partial charge in [0.15, 0.2) is 11.2 Å². The monoisotopic (exact) mass is 557 g/mol. The summed E-state index contributed by atoms with van der Waals surface area (Å²) in [6.07, 6.45) is 2.18. The third kappa shape index (κ3) is 6.18. The molecule has 0 aliphatic carbocycles. The van der Waals surface area contributed by atoms with Crippen LogP contribution in [0.2, 0.25) is 0 Å². The van der Waals surface area contributed by atoms with Crippen LogP contribution in [0.3, 0.4) is 0 Å². The summed E-state index contributed by atoms with van der Waals surface area (Å²) >= 11 is 0.915. The highest BCUT2D eigenvalue weighted by Crippen LogP contribution is 2.29. The number of hydrogen-bond donors (Lipinski definition) is 3. The van der Waals surface area contributed by atoms with Gasteiger partial charge in [-0.2, -0.15) is 0 Å². The summed E-state index contributed by atoms with van der Waals surface area (Å²) in [4.78, 5) is 40.9. The Kier molecular flexibility index (Phi) is 7.78. The molecule has 2 amide bonds. The first kappa shape index (κ1) is 26.8. The third-order valence-corrected chi connectivity index (χ3v) is 7.53. The van der Waals surface area contributed by atoms with Crippen molar-refractivity contribution in [1.29, 1.82) is 0 Å². The number of rotatable bonds is 8. The number of sulfonamides is 1. The van der Waals surface area contributed by atoms with E-state index in [-0.39, 0.29) is 21.2 Å². The first-order valence-electron chi connectivity index (χ1n) is 11.1. The summed E-state index contributed by atoms with van der Waals surface area (Å²) in [5.41, 5.74) is -0.139. The van der Waals surface area contributed by atoms with Crippen LogP contribution in [-0.2, 0) is 26.0 Å². The molecule has 1 aliphatic rings. The summed E-state index contributed by atoms with van der Waals surface area (Å²) in [7, 11) is -4.50. The van der Waals surface area contributed by atoms with Crippen molar-refractivity contribution in [2.45, 2.75) is 24.3 Å². The number of furan rings is 1. The van der Waals surface area contributed by atoms with Crippen LogP contribution in [-0.4, -0.2) is 36.5 Å². The summed E-state index contributed by atoms with van der Waals surface area (Å²) in [5.74, 6) is -2.35. The van der Waals surface area contributed by atoms with Gasteiger partial charge in [-0.3, -0.25) is 9.59 Å². The first-order chi connectivity index (χ1) is 18.1. The average molecular weight is 558 g/mol. The molecule has 3 N–H and O–H groups in total. The van der Waals surface area contributed by atoms with Gasteiger partial charge in [-0.1, -0.05) is 25.1 Å². The predicted molar refractivity (Wildman–Crippen MR) is 137 cm³/mol. The van der Waals surface area contributed by atoms with Crippen LogP contribution >= 0.6 is 11.8 Å². The molecule has 1 saturated heterocycles. The second-order valence-electron chi connectivity index (χ2n) is 7.91. The minimum atomic E-state index is -4.50. The molecule has 196 valence electrons. The number of aliphatic imine (C=N–C) groups is 1. The van der Waals surface area contributed by atoms with E-state index in [0.29, 0.717) is 12.2 Å². The van der Waals surface area contributed by atoms with Gasteiger partial charge in [0.25, 0.3) is 21.8 Å². The highest BCUT2D eigenvalue weighted by Gasteiger charge is 2.30. The van der Waals surface area contributed by atoms with Gasteiger partial charge in [-0.05, 0) is 59.8 Å². The normalized spacial score (nSPS) is 16.4. The predicted octanol–water partition coefficient (Wildman–Crippen LogP) is 3.49. The van der Waals surface area contributed by atoms with Crippen molar-refractivity contribution in [1.82, 2.24) is 10.0 Å². The van der Waals surface area contributed by atoms with Crippen LogP contribution < -0.4 is 10.0 Å². The molecule has 3 aromatic rings. The fourth-order valence-electron chi connectivity index (χ4n) is 3.37. The lowest BCUT2D eigenvalue weighted by Gasteiger charge is -2.15. The highest BCUT2D eigenvalue weighted by atomic mass is 32.2. The molecule has 0 radical (unpaired) electrons. The Morgan fingerprint density at radius 3 is 2.58 bits per heavy atom. The topological polar surface area (TPSA) is 155 Å². The van der Waals surface area contributed by atoms with Crippen LogP contribution in [0.25, 0.3) is 6.08 Å². The van der Waals surface area contributed by atoms with E-state index in [1.54, 1.807) is 12.1 Å². The second-order valence-corrected chi connectivity index (χ2v) is 10.6. The minimum Gasteiger partial charge on any atom is -0.478 e. The van der Waals surface area contributed by atoms with Crippen molar-refractivity contribution in [2.24, 2.45) is 4.99 Å². The van der Waals surface area contributed by atoms with Gasteiger partial charge < -0.3 is 14.8 Å². The number of aryl methyl sites for hydroxylation is 1. The van der Waals surface area contributed by atoms with Crippen molar-refractivity contribution in [3.8, 4) is 0 Å². The Hall–Kier alpha value is -4.23. The number of amidine groups is 1. The maximum atomic E-state index is 13.5. The zero-order chi connectivity index (χ0) is 27.4. The van der Waals surface area contributed by atoms with E-state index in [2.05, 4.69) is 10.3 Å². The van der Waals surface area contributed by atoms with Crippen molar-refractivity contribution >= 4 is 50.8 Å². The highest BCUT2D eigenvalue weighted by molar-refractivity contribution is 8.18. The molecule has 38 heavy (non-hydrogen) atoms. The molecule has 10 nitrogen and oxygen atoms in total.